The van der Waals surface area contributed by atoms with E-state index in [4.69, 9.17) is 5.11 Å². The molecule has 0 aliphatic carbocycles. The molecule has 3 amide bonds. The van der Waals surface area contributed by atoms with Crippen LogP contribution >= 0.6 is 0 Å². The first kappa shape index (κ1) is 16.3. The van der Waals surface area contributed by atoms with Crippen molar-refractivity contribution in [2.75, 3.05) is 19.6 Å². The highest BCUT2D eigenvalue weighted by molar-refractivity contribution is 5.83. The number of amides is 3. The van der Waals surface area contributed by atoms with Gasteiger partial charge in [-0.25, -0.2) is 9.59 Å². The van der Waals surface area contributed by atoms with Crippen LogP contribution in [0.15, 0.2) is 0 Å². The molecule has 1 aliphatic rings. The number of hydrogen-bond acceptors (Lipinski definition) is 3. The highest BCUT2D eigenvalue weighted by Crippen LogP contribution is 2.17. The zero-order valence-corrected chi connectivity index (χ0v) is 12.0. The van der Waals surface area contributed by atoms with Crippen LogP contribution in [0.5, 0.6) is 0 Å². The van der Waals surface area contributed by atoms with Crippen molar-refractivity contribution in [3.63, 3.8) is 0 Å². The summed E-state index contributed by atoms with van der Waals surface area (Å²) in [5.74, 6) is -0.711. The predicted octanol–water partition coefficient (Wildman–Crippen LogP) is 0.407. The summed E-state index contributed by atoms with van der Waals surface area (Å²) >= 11 is 0. The first-order chi connectivity index (χ1) is 9.41. The Bertz CT molecular complexity index is 371. The van der Waals surface area contributed by atoms with Crippen LogP contribution < -0.4 is 10.6 Å². The summed E-state index contributed by atoms with van der Waals surface area (Å²) in [4.78, 5) is 35.6. The van der Waals surface area contributed by atoms with E-state index in [2.05, 4.69) is 10.6 Å². The number of hydrogen-bond donors (Lipinski definition) is 3. The van der Waals surface area contributed by atoms with E-state index in [1.165, 1.54) is 4.90 Å². The number of carbonyl (C=O) groups is 3. The molecule has 0 spiro atoms. The van der Waals surface area contributed by atoms with Crippen LogP contribution in [-0.2, 0) is 9.59 Å². The average molecular weight is 285 g/mol. The van der Waals surface area contributed by atoms with Crippen LogP contribution in [0.3, 0.4) is 0 Å². The summed E-state index contributed by atoms with van der Waals surface area (Å²) in [5, 5.41) is 14.3. The third-order valence-corrected chi connectivity index (χ3v) is 3.13. The Balaban J connectivity index is 2.26. The second kappa shape index (κ2) is 7.72. The third-order valence-electron chi connectivity index (χ3n) is 3.13. The van der Waals surface area contributed by atoms with Crippen LogP contribution in [0.25, 0.3) is 0 Å². The van der Waals surface area contributed by atoms with Gasteiger partial charge < -0.3 is 20.6 Å². The van der Waals surface area contributed by atoms with E-state index < -0.39 is 18.0 Å². The second-order valence-electron chi connectivity index (χ2n) is 5.37. The molecule has 1 atom stereocenters. The molecule has 1 aliphatic heterocycles. The van der Waals surface area contributed by atoms with Crippen molar-refractivity contribution in [2.45, 2.75) is 39.2 Å². The van der Waals surface area contributed by atoms with Gasteiger partial charge in [0.1, 0.15) is 6.04 Å². The van der Waals surface area contributed by atoms with E-state index in [9.17, 15) is 14.4 Å². The molecule has 0 aromatic rings. The number of carboxylic acid groups (broad SMARTS) is 1. The second-order valence-corrected chi connectivity index (χ2v) is 5.37. The van der Waals surface area contributed by atoms with Crippen molar-refractivity contribution in [3.05, 3.63) is 0 Å². The van der Waals surface area contributed by atoms with Crippen molar-refractivity contribution >= 4 is 17.9 Å². The van der Waals surface area contributed by atoms with Crippen molar-refractivity contribution in [1.82, 2.24) is 15.5 Å². The van der Waals surface area contributed by atoms with Crippen molar-refractivity contribution in [3.8, 4) is 0 Å². The topological polar surface area (TPSA) is 98.7 Å². The predicted molar refractivity (Wildman–Crippen MR) is 73.2 cm³/mol. The van der Waals surface area contributed by atoms with E-state index in [1.807, 2.05) is 13.8 Å². The molecule has 114 valence electrons. The lowest BCUT2D eigenvalue weighted by atomic mass is 10.2. The highest BCUT2D eigenvalue weighted by atomic mass is 16.4. The quantitative estimate of drug-likeness (QED) is 0.658. The summed E-state index contributed by atoms with van der Waals surface area (Å²) in [6.07, 6.45) is 1.38. The lowest BCUT2D eigenvalue weighted by Gasteiger charge is -2.21. The Morgan fingerprint density at radius 3 is 2.60 bits per heavy atom. The number of carboxylic acids is 1. The summed E-state index contributed by atoms with van der Waals surface area (Å²) < 4.78 is 0. The van der Waals surface area contributed by atoms with Crippen molar-refractivity contribution in [2.24, 2.45) is 5.92 Å². The molecule has 3 N–H and O–H groups in total. The molecule has 1 heterocycles. The maximum absolute atomic E-state index is 11.8. The third kappa shape index (κ3) is 5.07. The molecule has 1 unspecified atom stereocenters. The minimum absolute atomic E-state index is 0.116. The van der Waals surface area contributed by atoms with Crippen LogP contribution in [-0.4, -0.2) is 53.6 Å². The molecule has 7 heteroatoms. The van der Waals surface area contributed by atoms with Gasteiger partial charge >= 0.3 is 12.0 Å². The highest BCUT2D eigenvalue weighted by Gasteiger charge is 2.33. The lowest BCUT2D eigenvalue weighted by Crippen LogP contribution is -2.46. The zero-order valence-electron chi connectivity index (χ0n) is 12.0. The van der Waals surface area contributed by atoms with E-state index in [0.717, 1.165) is 0 Å². The van der Waals surface area contributed by atoms with Gasteiger partial charge in [0.05, 0.1) is 0 Å². The van der Waals surface area contributed by atoms with E-state index >= 15 is 0 Å². The lowest BCUT2D eigenvalue weighted by molar-refractivity contribution is -0.141. The summed E-state index contributed by atoms with van der Waals surface area (Å²) in [7, 11) is 0. The van der Waals surface area contributed by atoms with Gasteiger partial charge in [0.25, 0.3) is 0 Å². The molecule has 0 radical (unpaired) electrons. The largest absolute Gasteiger partial charge is 0.480 e. The molecule has 1 rings (SSSR count). The van der Waals surface area contributed by atoms with E-state index in [0.29, 0.717) is 31.8 Å². The van der Waals surface area contributed by atoms with Crippen molar-refractivity contribution in [1.29, 1.82) is 0 Å². The number of nitrogens with one attached hydrogen (secondary N) is 2. The maximum atomic E-state index is 11.8. The van der Waals surface area contributed by atoms with E-state index in [1.54, 1.807) is 0 Å². The fraction of sp³-hybridized carbons (Fsp3) is 0.769. The minimum atomic E-state index is -0.979. The SMILES string of the molecule is CC(C)CNC(=O)CCNC(=O)N1CCCC1C(=O)O. The number of carbonyl (C=O) groups excluding carboxylic acids is 2. The van der Waals surface area contributed by atoms with Gasteiger partial charge in [-0.05, 0) is 18.8 Å². The number of aliphatic carboxylic acids is 1. The maximum Gasteiger partial charge on any atom is 0.326 e. The summed E-state index contributed by atoms with van der Waals surface area (Å²) in [6.45, 7) is 5.27. The first-order valence-electron chi connectivity index (χ1n) is 6.95. The van der Waals surface area contributed by atoms with Crippen LogP contribution in [0.2, 0.25) is 0 Å². The molecular weight excluding hydrogens is 262 g/mol. The molecule has 1 saturated heterocycles. The Kier molecular flexibility index (Phi) is 6.27. The van der Waals surface area contributed by atoms with Gasteiger partial charge in [0.15, 0.2) is 0 Å². The Morgan fingerprint density at radius 2 is 2.00 bits per heavy atom. The van der Waals surface area contributed by atoms with Gasteiger partial charge in [0, 0.05) is 26.1 Å². The molecule has 20 heavy (non-hydrogen) atoms. The molecule has 0 aromatic heterocycles. The fourth-order valence-electron chi connectivity index (χ4n) is 2.06. The Morgan fingerprint density at radius 1 is 1.30 bits per heavy atom. The first-order valence-corrected chi connectivity index (χ1v) is 6.95. The van der Waals surface area contributed by atoms with Gasteiger partial charge in [-0.2, -0.15) is 0 Å². The summed E-state index contributed by atoms with van der Waals surface area (Å²) in [6, 6.07) is -1.16. The minimum Gasteiger partial charge on any atom is -0.480 e. The Hall–Kier alpha value is -1.79. The Labute approximate surface area is 118 Å². The molecule has 7 nitrogen and oxygen atoms in total. The van der Waals surface area contributed by atoms with Crippen LogP contribution in [0.1, 0.15) is 33.1 Å². The van der Waals surface area contributed by atoms with Crippen molar-refractivity contribution < 1.29 is 19.5 Å². The summed E-state index contributed by atoms with van der Waals surface area (Å²) in [5.41, 5.74) is 0. The monoisotopic (exact) mass is 285 g/mol. The normalized spacial score (nSPS) is 18.1. The van der Waals surface area contributed by atoms with Gasteiger partial charge in [-0.15, -0.1) is 0 Å². The molecule has 1 fully saturated rings. The van der Waals surface area contributed by atoms with Crippen LogP contribution in [0, 0.1) is 5.92 Å². The fourth-order valence-corrected chi connectivity index (χ4v) is 2.06. The average Bonchev–Trinajstić information content (AvgIpc) is 2.85. The van der Waals surface area contributed by atoms with E-state index in [-0.39, 0.29) is 18.9 Å². The molecule has 0 aromatic carbocycles. The standard InChI is InChI=1S/C13H23N3O4/c1-9(2)8-15-11(17)5-6-14-13(20)16-7-3-4-10(16)12(18)19/h9-10H,3-8H2,1-2H3,(H,14,20)(H,15,17)(H,18,19). The van der Waals surface area contributed by atoms with Gasteiger partial charge in [-0.3, -0.25) is 4.79 Å². The zero-order chi connectivity index (χ0) is 15.1. The number of urea groups is 1. The molecular formula is C13H23N3O4. The molecule has 0 saturated carbocycles. The molecule has 0 bridgehead atoms. The number of likely N-dealkylation sites (tertiary alicyclic amines) is 1. The number of nitrogens with zero attached hydrogens (tertiary/aromatic N) is 1. The van der Waals surface area contributed by atoms with Crippen LogP contribution in [0.4, 0.5) is 4.79 Å². The van der Waals surface area contributed by atoms with Gasteiger partial charge in [0.2, 0.25) is 5.91 Å². The van der Waals surface area contributed by atoms with Gasteiger partial charge in [-0.1, -0.05) is 13.8 Å². The number of rotatable bonds is 6. The smallest absolute Gasteiger partial charge is 0.326 e.